The lowest BCUT2D eigenvalue weighted by Crippen LogP contribution is -2.02. The normalized spacial score (nSPS) is 25.6. The number of rotatable bonds is 0. The Kier molecular flexibility index (Phi) is 3.21. The highest BCUT2D eigenvalue weighted by Gasteiger charge is 2.04. The summed E-state index contributed by atoms with van der Waals surface area (Å²) < 4.78 is 0. The lowest BCUT2D eigenvalue weighted by atomic mass is 10.1. The van der Waals surface area contributed by atoms with Crippen LogP contribution in [0.25, 0.3) is 0 Å². The third kappa shape index (κ3) is 2.95. The first-order chi connectivity index (χ1) is 4.39. The molecule has 0 aliphatic carbocycles. The van der Waals surface area contributed by atoms with Crippen LogP contribution in [-0.2, 0) is 4.79 Å². The minimum atomic E-state index is 0.488. The summed E-state index contributed by atoms with van der Waals surface area (Å²) in [5.41, 5.74) is 0. The second kappa shape index (κ2) is 4.00. The van der Waals surface area contributed by atoms with E-state index < -0.39 is 0 Å². The lowest BCUT2D eigenvalue weighted by molar-refractivity contribution is -0.118. The van der Waals surface area contributed by atoms with Gasteiger partial charge in [0.15, 0.2) is 0 Å². The maximum absolute atomic E-state index is 10.8. The standard InChI is InChI=1S/C7H13OP/c8-7-3-1-2-5-9-6-4-7/h9H,1-6H2. The van der Waals surface area contributed by atoms with Gasteiger partial charge in [0.25, 0.3) is 0 Å². The van der Waals surface area contributed by atoms with Crippen LogP contribution in [0.4, 0.5) is 0 Å². The first kappa shape index (κ1) is 7.21. The molecule has 52 valence electrons. The molecule has 9 heavy (non-hydrogen) atoms. The predicted molar refractivity (Wildman–Crippen MR) is 41.5 cm³/mol. The summed E-state index contributed by atoms with van der Waals surface area (Å²) in [6.45, 7) is 0. The van der Waals surface area contributed by atoms with E-state index >= 15 is 0 Å². The van der Waals surface area contributed by atoms with Crippen LogP contribution >= 0.6 is 8.58 Å². The molecule has 0 aromatic carbocycles. The van der Waals surface area contributed by atoms with Gasteiger partial charge in [0.05, 0.1) is 0 Å². The van der Waals surface area contributed by atoms with Crippen LogP contribution in [0.15, 0.2) is 0 Å². The Labute approximate surface area is 58.0 Å². The maximum Gasteiger partial charge on any atom is 0.133 e. The number of hydrogen-bond donors (Lipinski definition) is 0. The Hall–Kier alpha value is 0.100. The van der Waals surface area contributed by atoms with Crippen molar-refractivity contribution in [3.8, 4) is 0 Å². The van der Waals surface area contributed by atoms with Crippen molar-refractivity contribution in [2.45, 2.75) is 25.7 Å². The van der Waals surface area contributed by atoms with Crippen LogP contribution in [0, 0.1) is 0 Å². The van der Waals surface area contributed by atoms with E-state index in [1.807, 2.05) is 0 Å². The number of hydrogen-bond acceptors (Lipinski definition) is 1. The molecule has 1 atom stereocenters. The number of Topliss-reactive ketones (excluding diaryl/α,β-unsaturated/α-hetero) is 1. The Balaban J connectivity index is 2.20. The first-order valence-corrected chi connectivity index (χ1v) is 5.03. The Bertz CT molecular complexity index is 91.1. The van der Waals surface area contributed by atoms with E-state index in [0.717, 1.165) is 27.8 Å². The minimum Gasteiger partial charge on any atom is -0.300 e. The number of ketones is 1. The van der Waals surface area contributed by atoms with Crippen molar-refractivity contribution >= 4 is 14.4 Å². The minimum absolute atomic E-state index is 0.488. The molecular formula is C7H13OP. The van der Waals surface area contributed by atoms with Crippen molar-refractivity contribution in [2.24, 2.45) is 0 Å². The fourth-order valence-electron chi connectivity index (χ4n) is 1.05. The molecule has 0 spiro atoms. The number of carbonyl (C=O) groups is 1. The summed E-state index contributed by atoms with van der Waals surface area (Å²) in [4.78, 5) is 10.8. The van der Waals surface area contributed by atoms with E-state index in [1.54, 1.807) is 0 Å². The van der Waals surface area contributed by atoms with Crippen LogP contribution in [0.5, 0.6) is 0 Å². The zero-order valence-corrected chi connectivity index (χ0v) is 6.65. The van der Waals surface area contributed by atoms with E-state index in [1.165, 1.54) is 18.7 Å². The molecule has 1 heterocycles. The van der Waals surface area contributed by atoms with Crippen molar-refractivity contribution in [1.82, 2.24) is 0 Å². The highest BCUT2D eigenvalue weighted by atomic mass is 31.1. The smallest absolute Gasteiger partial charge is 0.133 e. The van der Waals surface area contributed by atoms with Gasteiger partial charge >= 0.3 is 0 Å². The molecule has 1 rings (SSSR count). The average Bonchev–Trinajstić information content (AvgIpc) is 1.79. The van der Waals surface area contributed by atoms with Gasteiger partial charge in [-0.15, -0.1) is 8.58 Å². The third-order valence-electron chi connectivity index (χ3n) is 1.64. The lowest BCUT2D eigenvalue weighted by Gasteiger charge is -2.05. The largest absolute Gasteiger partial charge is 0.300 e. The molecule has 1 fully saturated rings. The van der Waals surface area contributed by atoms with Crippen molar-refractivity contribution < 1.29 is 4.79 Å². The summed E-state index contributed by atoms with van der Waals surface area (Å²) in [5, 5.41) is 0. The highest BCUT2D eigenvalue weighted by Crippen LogP contribution is 2.18. The van der Waals surface area contributed by atoms with Crippen molar-refractivity contribution in [2.75, 3.05) is 12.3 Å². The Morgan fingerprint density at radius 2 is 2.00 bits per heavy atom. The molecule has 1 nitrogen and oxygen atoms in total. The zero-order chi connectivity index (χ0) is 6.53. The molecular weight excluding hydrogens is 131 g/mol. The van der Waals surface area contributed by atoms with Gasteiger partial charge in [-0.2, -0.15) is 0 Å². The summed E-state index contributed by atoms with van der Waals surface area (Å²) in [6, 6.07) is 0. The second-order valence-corrected chi connectivity index (χ2v) is 4.00. The van der Waals surface area contributed by atoms with E-state index in [9.17, 15) is 4.79 Å². The zero-order valence-electron chi connectivity index (χ0n) is 5.65. The van der Waals surface area contributed by atoms with Gasteiger partial charge in [-0.05, 0) is 25.2 Å². The molecule has 1 unspecified atom stereocenters. The Morgan fingerprint density at radius 1 is 1.11 bits per heavy atom. The molecule has 0 aromatic heterocycles. The van der Waals surface area contributed by atoms with Crippen LogP contribution < -0.4 is 0 Å². The number of carbonyl (C=O) groups excluding carboxylic acids is 1. The molecule has 0 radical (unpaired) electrons. The van der Waals surface area contributed by atoms with Gasteiger partial charge in [-0.3, -0.25) is 4.79 Å². The van der Waals surface area contributed by atoms with Gasteiger partial charge in [0, 0.05) is 12.8 Å². The average molecular weight is 144 g/mol. The second-order valence-electron chi connectivity index (χ2n) is 2.50. The molecule has 0 saturated carbocycles. The molecule has 1 aliphatic heterocycles. The maximum atomic E-state index is 10.8. The summed E-state index contributed by atoms with van der Waals surface area (Å²) in [6.07, 6.45) is 6.67. The van der Waals surface area contributed by atoms with Gasteiger partial charge < -0.3 is 0 Å². The SMILES string of the molecule is O=C1CCCCPCC1. The summed E-state index contributed by atoms with van der Waals surface area (Å²) in [5.74, 6) is 0.488. The Morgan fingerprint density at radius 3 is 2.89 bits per heavy atom. The van der Waals surface area contributed by atoms with E-state index in [4.69, 9.17) is 0 Å². The van der Waals surface area contributed by atoms with Gasteiger partial charge in [0.1, 0.15) is 5.78 Å². The molecule has 0 N–H and O–H groups in total. The fourth-order valence-corrected chi connectivity index (χ4v) is 2.26. The predicted octanol–water partition coefficient (Wildman–Crippen LogP) is 1.81. The van der Waals surface area contributed by atoms with Crippen molar-refractivity contribution in [1.29, 1.82) is 0 Å². The molecule has 0 aromatic rings. The fraction of sp³-hybridized carbons (Fsp3) is 0.857. The van der Waals surface area contributed by atoms with Crippen molar-refractivity contribution in [3.05, 3.63) is 0 Å². The van der Waals surface area contributed by atoms with E-state index in [0.29, 0.717) is 5.78 Å². The van der Waals surface area contributed by atoms with Gasteiger partial charge in [-0.1, -0.05) is 0 Å². The van der Waals surface area contributed by atoms with Crippen LogP contribution in [0.1, 0.15) is 25.7 Å². The molecule has 0 amide bonds. The molecule has 2 heteroatoms. The first-order valence-electron chi connectivity index (χ1n) is 3.62. The summed E-state index contributed by atoms with van der Waals surface area (Å²) >= 11 is 0. The molecule has 0 bridgehead atoms. The van der Waals surface area contributed by atoms with Crippen LogP contribution in [0.3, 0.4) is 0 Å². The molecule has 1 saturated heterocycles. The summed E-state index contributed by atoms with van der Waals surface area (Å²) in [7, 11) is 1.06. The van der Waals surface area contributed by atoms with Crippen LogP contribution in [-0.4, -0.2) is 18.1 Å². The topological polar surface area (TPSA) is 17.1 Å². The van der Waals surface area contributed by atoms with Gasteiger partial charge in [-0.25, -0.2) is 0 Å². The van der Waals surface area contributed by atoms with E-state index in [2.05, 4.69) is 0 Å². The van der Waals surface area contributed by atoms with Crippen molar-refractivity contribution in [3.63, 3.8) is 0 Å². The third-order valence-corrected chi connectivity index (χ3v) is 2.95. The van der Waals surface area contributed by atoms with E-state index in [-0.39, 0.29) is 0 Å². The van der Waals surface area contributed by atoms with Gasteiger partial charge in [0.2, 0.25) is 0 Å². The quantitative estimate of drug-likeness (QED) is 0.474. The van der Waals surface area contributed by atoms with Crippen LogP contribution in [0.2, 0.25) is 0 Å². The monoisotopic (exact) mass is 144 g/mol. The highest BCUT2D eigenvalue weighted by molar-refractivity contribution is 7.38. The molecule has 1 aliphatic rings.